The number of benzene rings is 1. The van der Waals surface area contributed by atoms with Crippen molar-refractivity contribution in [3.05, 3.63) is 59.1 Å². The van der Waals surface area contributed by atoms with Gasteiger partial charge in [-0.05, 0) is 23.4 Å². The average Bonchev–Trinajstić information content (AvgIpc) is 3.49. The number of carbonyl (C=O) groups is 1. The first-order valence-electron chi connectivity index (χ1n) is 11.3. The molecule has 0 radical (unpaired) electrons. The average molecular weight is 511 g/mol. The zero-order chi connectivity index (χ0) is 25.1. The Kier molecular flexibility index (Phi) is 6.98. The molecule has 0 saturated carbocycles. The Bertz CT molecular complexity index is 1420. The second-order valence-corrected chi connectivity index (χ2v) is 9.23. The number of ether oxygens (including phenoxy) is 2. The summed E-state index contributed by atoms with van der Waals surface area (Å²) in [6.07, 6.45) is 3.12. The van der Waals surface area contributed by atoms with Gasteiger partial charge in [0.25, 0.3) is 5.91 Å². The fraction of sp³-hybridized carbons (Fsp3) is 0.292. The summed E-state index contributed by atoms with van der Waals surface area (Å²) in [6.45, 7) is 4.47. The zero-order valence-electron chi connectivity index (χ0n) is 19.4. The molecule has 10 nitrogen and oxygen atoms in total. The number of hydrogen-bond acceptors (Lipinski definition) is 9. The molecule has 1 aromatic carbocycles. The number of carbonyl (C=O) groups excluding carboxylic acids is 1. The lowest BCUT2D eigenvalue weighted by Gasteiger charge is -2.26. The van der Waals surface area contributed by atoms with E-state index in [4.69, 9.17) is 9.47 Å². The maximum atomic E-state index is 14.3. The van der Waals surface area contributed by atoms with Crippen LogP contribution in [0.2, 0.25) is 0 Å². The van der Waals surface area contributed by atoms with E-state index < -0.39 is 5.82 Å². The smallest absolute Gasteiger partial charge is 0.269 e. The van der Waals surface area contributed by atoms with Gasteiger partial charge in [0, 0.05) is 51.6 Å². The highest BCUT2D eigenvalue weighted by atomic mass is 32.1. The van der Waals surface area contributed by atoms with Gasteiger partial charge in [0.15, 0.2) is 11.6 Å². The van der Waals surface area contributed by atoms with Crippen LogP contribution in [0.1, 0.15) is 10.5 Å². The molecule has 0 atom stereocenters. The first-order chi connectivity index (χ1) is 17.5. The van der Waals surface area contributed by atoms with Crippen LogP contribution in [0.3, 0.4) is 0 Å². The fourth-order valence-corrected chi connectivity index (χ4v) is 5.04. The first kappa shape index (κ1) is 24.0. The van der Waals surface area contributed by atoms with Crippen LogP contribution < -0.4 is 10.1 Å². The van der Waals surface area contributed by atoms with Crippen molar-refractivity contribution in [2.24, 2.45) is 12.2 Å². The molecule has 1 saturated heterocycles. The number of aromatic nitrogens is 3. The van der Waals surface area contributed by atoms with Crippen molar-refractivity contribution in [1.29, 1.82) is 0 Å². The zero-order valence-corrected chi connectivity index (χ0v) is 20.3. The summed E-state index contributed by atoms with van der Waals surface area (Å²) in [6, 6.07) is 7.24. The van der Waals surface area contributed by atoms with Crippen molar-refractivity contribution in [2.75, 3.05) is 39.4 Å². The molecule has 5 rings (SSSR count). The van der Waals surface area contributed by atoms with E-state index >= 15 is 0 Å². The van der Waals surface area contributed by atoms with Gasteiger partial charge < -0.3 is 19.4 Å². The molecule has 0 aliphatic carbocycles. The van der Waals surface area contributed by atoms with Crippen molar-refractivity contribution in [3.8, 4) is 22.2 Å². The second kappa shape index (κ2) is 10.5. The third-order valence-corrected chi connectivity index (χ3v) is 7.01. The van der Waals surface area contributed by atoms with Crippen molar-refractivity contribution in [1.82, 2.24) is 24.8 Å². The number of halogens is 1. The Morgan fingerprint density at radius 1 is 1.22 bits per heavy atom. The van der Waals surface area contributed by atoms with Gasteiger partial charge in [-0.3, -0.25) is 14.7 Å². The molecule has 1 N–H and O–H groups in total. The Morgan fingerprint density at radius 2 is 2.06 bits per heavy atom. The van der Waals surface area contributed by atoms with Crippen molar-refractivity contribution in [3.63, 3.8) is 0 Å². The van der Waals surface area contributed by atoms with Crippen LogP contribution in [0.4, 0.5) is 10.1 Å². The van der Waals surface area contributed by atoms with Crippen LogP contribution in [-0.2, 0) is 11.8 Å². The number of pyridine rings is 1. The molecule has 0 unspecified atom stereocenters. The summed E-state index contributed by atoms with van der Waals surface area (Å²) in [5.41, 5.74) is 1.08. The number of morpholine rings is 1. The largest absolute Gasteiger partial charge is 0.453 e. The number of imidazole rings is 1. The van der Waals surface area contributed by atoms with E-state index in [1.54, 1.807) is 30.1 Å². The second-order valence-electron chi connectivity index (χ2n) is 8.18. The molecule has 1 aliphatic rings. The topological polar surface area (TPSA) is 111 Å². The van der Waals surface area contributed by atoms with Crippen LogP contribution in [0.5, 0.6) is 11.5 Å². The maximum Gasteiger partial charge on any atom is 0.269 e. The van der Waals surface area contributed by atoms with Crippen LogP contribution in [0.15, 0.2) is 47.9 Å². The molecule has 4 aromatic rings. The summed E-state index contributed by atoms with van der Waals surface area (Å²) < 4.78 is 27.9. The van der Waals surface area contributed by atoms with Crippen molar-refractivity contribution in [2.45, 2.75) is 0 Å². The minimum absolute atomic E-state index is 0.0196. The highest BCUT2D eigenvalue weighted by Crippen LogP contribution is 2.39. The van der Waals surface area contributed by atoms with Gasteiger partial charge in [-0.2, -0.15) is 0 Å². The number of nitroso groups, excluding NO2 is 1. The van der Waals surface area contributed by atoms with Crippen molar-refractivity contribution >= 4 is 33.1 Å². The molecule has 1 aliphatic heterocycles. The number of nitrogens with one attached hydrogen (secondary N) is 1. The third kappa shape index (κ3) is 4.96. The molecule has 3 aromatic heterocycles. The van der Waals surface area contributed by atoms with E-state index in [1.165, 1.54) is 23.5 Å². The number of thiophene rings is 1. The predicted molar refractivity (Wildman–Crippen MR) is 133 cm³/mol. The van der Waals surface area contributed by atoms with Crippen molar-refractivity contribution < 1.29 is 18.7 Å². The minimum atomic E-state index is -0.692. The summed E-state index contributed by atoms with van der Waals surface area (Å²) >= 11 is 1.37. The van der Waals surface area contributed by atoms with Crippen LogP contribution in [-0.4, -0.2) is 64.7 Å². The number of fused-ring (bicyclic) bond motifs is 1. The van der Waals surface area contributed by atoms with E-state index in [2.05, 4.69) is 25.4 Å². The predicted octanol–water partition coefficient (Wildman–Crippen LogP) is 4.09. The third-order valence-electron chi connectivity index (χ3n) is 5.88. The molecule has 186 valence electrons. The molecule has 1 amide bonds. The lowest BCUT2D eigenvalue weighted by molar-refractivity contribution is 0.0383. The van der Waals surface area contributed by atoms with Gasteiger partial charge in [0.05, 0.1) is 34.5 Å². The Hall–Kier alpha value is -3.74. The standard InChI is InChI=1S/C24H23FN6O4S/c1-30-18(24(32)27-6-7-31-8-10-34-11-9-31)14-28-23(30)21-13-17-22(36-21)20(4-5-26-17)35-19-3-2-15(29-33)12-16(19)25/h2-5,12-14H,6-11H2,1H3,(H,27,32). The molecule has 0 spiro atoms. The first-order valence-corrected chi connectivity index (χ1v) is 12.1. The lowest BCUT2D eigenvalue weighted by atomic mass is 10.3. The van der Waals surface area contributed by atoms with Crippen LogP contribution in [0.25, 0.3) is 20.9 Å². The highest BCUT2D eigenvalue weighted by molar-refractivity contribution is 7.22. The number of hydrogen-bond donors (Lipinski definition) is 1. The van der Waals surface area contributed by atoms with Gasteiger partial charge in [-0.25, -0.2) is 9.37 Å². The van der Waals surface area contributed by atoms with E-state index in [0.717, 1.165) is 30.6 Å². The van der Waals surface area contributed by atoms with E-state index in [9.17, 15) is 14.1 Å². The van der Waals surface area contributed by atoms with Gasteiger partial charge in [-0.1, -0.05) is 0 Å². The molecule has 0 bridgehead atoms. The molecule has 36 heavy (non-hydrogen) atoms. The molecule has 12 heteroatoms. The maximum absolute atomic E-state index is 14.3. The van der Waals surface area contributed by atoms with Crippen LogP contribution >= 0.6 is 11.3 Å². The van der Waals surface area contributed by atoms with E-state index in [-0.39, 0.29) is 17.3 Å². The molecule has 1 fully saturated rings. The fourth-order valence-electron chi connectivity index (χ4n) is 3.95. The highest BCUT2D eigenvalue weighted by Gasteiger charge is 2.19. The van der Waals surface area contributed by atoms with Gasteiger partial charge in [0.1, 0.15) is 23.0 Å². The Balaban J connectivity index is 1.33. The summed E-state index contributed by atoms with van der Waals surface area (Å²) in [4.78, 5) is 35.3. The Morgan fingerprint density at radius 3 is 2.83 bits per heavy atom. The SMILES string of the molecule is Cn1c(C(=O)NCCN2CCOCC2)cnc1-c1cc2nccc(Oc3ccc(N=O)cc3F)c2s1. The minimum Gasteiger partial charge on any atom is -0.453 e. The monoisotopic (exact) mass is 510 g/mol. The molecule has 4 heterocycles. The summed E-state index contributed by atoms with van der Waals surface area (Å²) in [5.74, 6) is 0.101. The molecular weight excluding hydrogens is 487 g/mol. The normalized spacial score (nSPS) is 14.2. The lowest BCUT2D eigenvalue weighted by Crippen LogP contribution is -2.41. The Labute approximate surface area is 209 Å². The van der Waals surface area contributed by atoms with E-state index in [1.807, 2.05) is 6.07 Å². The molecular formula is C24H23FN6O4S. The van der Waals surface area contributed by atoms with Gasteiger partial charge in [-0.15, -0.1) is 16.2 Å². The number of amides is 1. The van der Waals surface area contributed by atoms with Gasteiger partial charge in [0.2, 0.25) is 0 Å². The summed E-state index contributed by atoms with van der Waals surface area (Å²) in [5, 5.41) is 5.68. The van der Waals surface area contributed by atoms with Crippen LogP contribution in [0, 0.1) is 10.7 Å². The van der Waals surface area contributed by atoms with E-state index in [0.29, 0.717) is 47.2 Å². The number of rotatable bonds is 8. The van der Waals surface area contributed by atoms with Gasteiger partial charge >= 0.3 is 0 Å². The number of nitrogens with zero attached hydrogens (tertiary/aromatic N) is 5. The summed E-state index contributed by atoms with van der Waals surface area (Å²) in [7, 11) is 1.78. The quantitative estimate of drug-likeness (QED) is 0.356.